The molecule has 1 aliphatic rings. The van der Waals surface area contributed by atoms with Gasteiger partial charge >= 0.3 is 0 Å². The molecule has 1 aliphatic heterocycles. The van der Waals surface area contributed by atoms with E-state index in [9.17, 15) is 13.2 Å². The standard InChI is InChI=1S/C29H34N2O5S/c1-19-7-11-23(12-8-19)37(33,34)31(26-13-9-20(2)15-21(26)3)18-28(32)30-25-17-29(4,5)36-27-14-10-22(35-6)16-24(25)27/h7-16,25H,17-18H2,1-6H3,(H,30,32). The highest BCUT2D eigenvalue weighted by Gasteiger charge is 2.36. The van der Waals surface area contributed by atoms with Gasteiger partial charge in [0.15, 0.2) is 0 Å². The Bertz CT molecular complexity index is 1410. The van der Waals surface area contributed by atoms with Crippen LogP contribution in [0.1, 0.15) is 48.6 Å². The van der Waals surface area contributed by atoms with Crippen molar-refractivity contribution in [2.75, 3.05) is 18.0 Å². The van der Waals surface area contributed by atoms with E-state index in [2.05, 4.69) is 5.32 Å². The summed E-state index contributed by atoms with van der Waals surface area (Å²) in [7, 11) is -2.42. The summed E-state index contributed by atoms with van der Waals surface area (Å²) in [6.07, 6.45) is 0.521. The molecule has 0 bridgehead atoms. The maximum atomic E-state index is 13.8. The summed E-state index contributed by atoms with van der Waals surface area (Å²) in [5, 5.41) is 3.07. The van der Waals surface area contributed by atoms with Crippen molar-refractivity contribution >= 4 is 21.6 Å². The third kappa shape index (κ3) is 5.74. The number of fused-ring (bicyclic) bond motifs is 1. The van der Waals surface area contributed by atoms with Gasteiger partial charge in [-0.05, 0) is 76.6 Å². The number of hydrogen-bond acceptors (Lipinski definition) is 5. The average molecular weight is 523 g/mol. The molecule has 196 valence electrons. The lowest BCUT2D eigenvalue weighted by atomic mass is 9.89. The predicted molar refractivity (Wildman–Crippen MR) is 145 cm³/mol. The van der Waals surface area contributed by atoms with Crippen molar-refractivity contribution in [2.45, 2.75) is 57.6 Å². The van der Waals surface area contributed by atoms with E-state index < -0.39 is 21.5 Å². The molecule has 0 saturated carbocycles. The zero-order valence-electron chi connectivity index (χ0n) is 22.2. The monoisotopic (exact) mass is 522 g/mol. The highest BCUT2D eigenvalue weighted by atomic mass is 32.2. The lowest BCUT2D eigenvalue weighted by Gasteiger charge is -2.38. The fraction of sp³-hybridized carbons (Fsp3) is 0.345. The molecule has 0 saturated heterocycles. The number of methoxy groups -OCH3 is 1. The minimum Gasteiger partial charge on any atom is -0.497 e. The van der Waals surface area contributed by atoms with E-state index in [4.69, 9.17) is 9.47 Å². The van der Waals surface area contributed by atoms with E-state index in [1.807, 2.05) is 65.0 Å². The summed E-state index contributed by atoms with van der Waals surface area (Å²) in [5.41, 5.74) is 3.48. The van der Waals surface area contributed by atoms with E-state index in [1.54, 1.807) is 37.4 Å². The Kier molecular flexibility index (Phi) is 7.24. The maximum Gasteiger partial charge on any atom is 0.264 e. The molecule has 0 aliphatic carbocycles. The van der Waals surface area contributed by atoms with Gasteiger partial charge in [0.25, 0.3) is 10.0 Å². The Hall–Kier alpha value is -3.52. The van der Waals surface area contributed by atoms with Crippen LogP contribution in [0.25, 0.3) is 0 Å². The number of anilines is 1. The summed E-state index contributed by atoms with van der Waals surface area (Å²) < 4.78 is 40.3. The Morgan fingerprint density at radius 1 is 1.03 bits per heavy atom. The van der Waals surface area contributed by atoms with Gasteiger partial charge in [-0.1, -0.05) is 35.4 Å². The number of aryl methyl sites for hydroxylation is 3. The lowest BCUT2D eigenvalue weighted by Crippen LogP contribution is -2.45. The highest BCUT2D eigenvalue weighted by Crippen LogP contribution is 2.41. The van der Waals surface area contributed by atoms with Gasteiger partial charge in [-0.3, -0.25) is 9.10 Å². The normalized spacial score (nSPS) is 16.3. The van der Waals surface area contributed by atoms with Gasteiger partial charge in [0.1, 0.15) is 23.6 Å². The molecule has 0 fully saturated rings. The van der Waals surface area contributed by atoms with Gasteiger partial charge in [-0.15, -0.1) is 0 Å². The van der Waals surface area contributed by atoms with Crippen LogP contribution >= 0.6 is 0 Å². The smallest absolute Gasteiger partial charge is 0.264 e. The first kappa shape index (κ1) is 26.5. The van der Waals surface area contributed by atoms with Gasteiger partial charge in [-0.25, -0.2) is 8.42 Å². The van der Waals surface area contributed by atoms with Crippen LogP contribution in [0.3, 0.4) is 0 Å². The Balaban J connectivity index is 1.68. The van der Waals surface area contributed by atoms with Crippen LogP contribution in [0.4, 0.5) is 5.69 Å². The molecule has 1 N–H and O–H groups in total. The highest BCUT2D eigenvalue weighted by molar-refractivity contribution is 7.92. The Morgan fingerprint density at radius 3 is 2.35 bits per heavy atom. The number of carbonyl (C=O) groups excluding carboxylic acids is 1. The van der Waals surface area contributed by atoms with Crippen LogP contribution in [-0.4, -0.2) is 33.6 Å². The SMILES string of the molecule is COc1ccc2c(c1)C(NC(=O)CN(c1ccc(C)cc1C)S(=O)(=O)c1ccc(C)cc1)CC(C)(C)O2. The number of ether oxygens (including phenoxy) is 2. The molecular weight excluding hydrogens is 488 g/mol. The topological polar surface area (TPSA) is 84.9 Å². The van der Waals surface area contributed by atoms with E-state index in [-0.39, 0.29) is 17.5 Å². The first-order chi connectivity index (χ1) is 17.4. The number of hydrogen-bond donors (Lipinski definition) is 1. The Labute approximate surface area is 219 Å². The van der Waals surface area contributed by atoms with Crippen LogP contribution in [0.2, 0.25) is 0 Å². The minimum atomic E-state index is -4.01. The summed E-state index contributed by atoms with van der Waals surface area (Å²) in [4.78, 5) is 13.6. The van der Waals surface area contributed by atoms with Crippen LogP contribution in [0.5, 0.6) is 11.5 Å². The van der Waals surface area contributed by atoms with Crippen LogP contribution in [0, 0.1) is 20.8 Å². The third-order valence-corrected chi connectivity index (χ3v) is 8.30. The van der Waals surface area contributed by atoms with Gasteiger partial charge in [0.2, 0.25) is 5.91 Å². The number of rotatable bonds is 7. The number of nitrogens with zero attached hydrogens (tertiary/aromatic N) is 1. The first-order valence-electron chi connectivity index (χ1n) is 12.2. The molecule has 3 aromatic carbocycles. The predicted octanol–water partition coefficient (Wildman–Crippen LogP) is 5.23. The number of benzene rings is 3. The average Bonchev–Trinajstić information content (AvgIpc) is 2.82. The molecular formula is C29H34N2O5S. The molecule has 4 rings (SSSR count). The van der Waals surface area contributed by atoms with Gasteiger partial charge in [0, 0.05) is 12.0 Å². The number of carbonyl (C=O) groups is 1. The van der Waals surface area contributed by atoms with Crippen LogP contribution in [0.15, 0.2) is 65.6 Å². The molecule has 37 heavy (non-hydrogen) atoms. The fourth-order valence-electron chi connectivity index (χ4n) is 4.68. The zero-order valence-corrected chi connectivity index (χ0v) is 23.0. The van der Waals surface area contributed by atoms with Crippen molar-refractivity contribution in [3.8, 4) is 11.5 Å². The zero-order chi connectivity index (χ0) is 27.0. The van der Waals surface area contributed by atoms with Crippen molar-refractivity contribution in [2.24, 2.45) is 0 Å². The molecule has 3 aromatic rings. The quantitative estimate of drug-likeness (QED) is 0.459. The molecule has 0 aromatic heterocycles. The second-order valence-corrected chi connectivity index (χ2v) is 12.1. The van der Waals surface area contributed by atoms with Crippen molar-refractivity contribution in [3.63, 3.8) is 0 Å². The molecule has 0 radical (unpaired) electrons. The van der Waals surface area contributed by atoms with Gasteiger partial charge in [0.05, 0.1) is 23.7 Å². The molecule has 1 unspecified atom stereocenters. The second kappa shape index (κ2) is 10.1. The van der Waals surface area contributed by atoms with E-state index >= 15 is 0 Å². The van der Waals surface area contributed by atoms with E-state index in [0.717, 1.165) is 22.3 Å². The molecule has 1 atom stereocenters. The van der Waals surface area contributed by atoms with E-state index in [1.165, 1.54) is 4.31 Å². The number of sulfonamides is 1. The molecule has 1 heterocycles. The first-order valence-corrected chi connectivity index (χ1v) is 13.7. The summed E-state index contributed by atoms with van der Waals surface area (Å²) in [6, 6.07) is 17.3. The molecule has 0 spiro atoms. The summed E-state index contributed by atoms with van der Waals surface area (Å²) in [5.74, 6) is 0.910. The second-order valence-electron chi connectivity index (χ2n) is 10.2. The van der Waals surface area contributed by atoms with E-state index in [0.29, 0.717) is 23.6 Å². The molecule has 8 heteroatoms. The van der Waals surface area contributed by atoms with Crippen molar-refractivity contribution in [3.05, 3.63) is 82.9 Å². The fourth-order valence-corrected chi connectivity index (χ4v) is 6.17. The molecule has 1 amide bonds. The number of nitrogens with one attached hydrogen (secondary N) is 1. The van der Waals surface area contributed by atoms with Crippen molar-refractivity contribution in [1.82, 2.24) is 5.32 Å². The van der Waals surface area contributed by atoms with Gasteiger partial charge < -0.3 is 14.8 Å². The van der Waals surface area contributed by atoms with Crippen LogP contribution < -0.4 is 19.1 Å². The van der Waals surface area contributed by atoms with Crippen LogP contribution in [-0.2, 0) is 14.8 Å². The largest absolute Gasteiger partial charge is 0.497 e. The van der Waals surface area contributed by atoms with Crippen molar-refractivity contribution < 1.29 is 22.7 Å². The van der Waals surface area contributed by atoms with Crippen molar-refractivity contribution in [1.29, 1.82) is 0 Å². The summed E-state index contributed by atoms with van der Waals surface area (Å²) in [6.45, 7) is 9.25. The summed E-state index contributed by atoms with van der Waals surface area (Å²) >= 11 is 0. The number of amides is 1. The third-order valence-electron chi connectivity index (χ3n) is 6.53. The van der Waals surface area contributed by atoms with Gasteiger partial charge in [-0.2, -0.15) is 0 Å². The maximum absolute atomic E-state index is 13.8. The minimum absolute atomic E-state index is 0.133. The lowest BCUT2D eigenvalue weighted by molar-refractivity contribution is -0.120. The molecule has 7 nitrogen and oxygen atoms in total. The Morgan fingerprint density at radius 2 is 1.70 bits per heavy atom.